The number of hydrogen-bond acceptors (Lipinski definition) is 9. The molecular formula is C104H165N5O5. The summed E-state index contributed by atoms with van der Waals surface area (Å²) in [7, 11) is 0. The van der Waals surface area contributed by atoms with Crippen molar-refractivity contribution in [3.8, 4) is 0 Å². The van der Waals surface area contributed by atoms with Crippen molar-refractivity contribution >= 4 is 5.78 Å². The summed E-state index contributed by atoms with van der Waals surface area (Å²) >= 11 is 0. The number of imidazole rings is 1. The van der Waals surface area contributed by atoms with E-state index in [2.05, 4.69) is 104 Å². The summed E-state index contributed by atoms with van der Waals surface area (Å²) in [5.74, 6) is 18.5. The molecule has 30 atom stereocenters. The van der Waals surface area contributed by atoms with E-state index in [4.69, 9.17) is 0 Å². The average molecular weight is 1570 g/mol. The van der Waals surface area contributed by atoms with Gasteiger partial charge in [-0.25, -0.2) is 4.98 Å². The van der Waals surface area contributed by atoms with Crippen LogP contribution in [-0.2, 0) is 11.3 Å². The van der Waals surface area contributed by atoms with Crippen molar-refractivity contribution in [1.29, 1.82) is 0 Å². The lowest BCUT2D eigenvalue weighted by Gasteiger charge is -2.57. The Kier molecular flexibility index (Phi) is 24.3. The van der Waals surface area contributed by atoms with Crippen LogP contribution in [0.15, 0.2) is 78.5 Å². The zero-order valence-corrected chi connectivity index (χ0v) is 73.9. The molecule has 0 bridgehead atoms. The zero-order chi connectivity index (χ0) is 79.5. The van der Waals surface area contributed by atoms with E-state index < -0.39 is 16.8 Å². The van der Waals surface area contributed by atoms with Crippen LogP contribution in [-0.4, -0.2) is 132 Å². The highest BCUT2D eigenvalue weighted by Crippen LogP contribution is 2.70. The van der Waals surface area contributed by atoms with Gasteiger partial charge in [0.2, 0.25) is 0 Å². The number of likely N-dealkylation sites (tertiary alicyclic amines) is 3. The van der Waals surface area contributed by atoms with E-state index in [-0.39, 0.29) is 11.0 Å². The maximum Gasteiger partial charge on any atom is 0.150 e. The second kappa shape index (κ2) is 33.2. The lowest BCUT2D eigenvalue weighted by molar-refractivity contribution is -0.130. The predicted molar refractivity (Wildman–Crippen MR) is 466 cm³/mol. The van der Waals surface area contributed by atoms with E-state index in [0.717, 1.165) is 196 Å². The van der Waals surface area contributed by atoms with E-state index >= 15 is 0 Å². The number of aromatic nitrogens is 2. The van der Waals surface area contributed by atoms with E-state index in [1.165, 1.54) is 250 Å². The van der Waals surface area contributed by atoms with Gasteiger partial charge in [-0.1, -0.05) is 100 Å². The quantitative estimate of drug-likeness (QED) is 0.151. The summed E-state index contributed by atoms with van der Waals surface area (Å²) in [6.45, 7) is 43.8. The summed E-state index contributed by atoms with van der Waals surface area (Å²) in [4.78, 5) is 25.3. The third-order valence-corrected chi connectivity index (χ3v) is 40.0. The number of carbonyl (C=O) groups excluding carboxylic acids is 1. The molecule has 0 spiro atoms. The van der Waals surface area contributed by atoms with Gasteiger partial charge < -0.3 is 25.0 Å². The fourth-order valence-corrected chi connectivity index (χ4v) is 34.7. The molecule has 1 aromatic heterocycles. The summed E-state index contributed by atoms with van der Waals surface area (Å²) in [6, 6.07) is 0. The maximum atomic E-state index is 13.4. The van der Waals surface area contributed by atoms with Crippen molar-refractivity contribution in [2.75, 3.05) is 58.9 Å². The first-order valence-electron chi connectivity index (χ1n) is 49.5. The number of ketones is 1. The zero-order valence-electron chi connectivity index (χ0n) is 73.9. The fraction of sp³-hybridized carbons (Fsp3) is 0.865. The fourth-order valence-electron chi connectivity index (χ4n) is 34.7. The molecule has 1 aromatic rings. The topological polar surface area (TPSA) is 126 Å². The molecule has 0 amide bonds. The van der Waals surface area contributed by atoms with Crippen LogP contribution in [0, 0.1) is 152 Å². The van der Waals surface area contributed by atoms with E-state index in [9.17, 15) is 25.2 Å². The van der Waals surface area contributed by atoms with E-state index in [0.29, 0.717) is 46.3 Å². The minimum Gasteiger partial charge on any atom is -0.390 e. The molecule has 10 heteroatoms. The molecule has 17 fully saturated rings. The first-order chi connectivity index (χ1) is 54.5. The van der Waals surface area contributed by atoms with E-state index in [1.54, 1.807) is 22.3 Å². The van der Waals surface area contributed by atoms with Crippen LogP contribution in [0.2, 0.25) is 0 Å². The van der Waals surface area contributed by atoms with Crippen molar-refractivity contribution in [2.45, 2.75) is 354 Å². The number of nitrogens with zero attached hydrogens (tertiary/aromatic N) is 5. The second-order valence-electron chi connectivity index (χ2n) is 46.9. The molecule has 19 aliphatic rings. The lowest BCUT2D eigenvalue weighted by Crippen LogP contribution is -2.50. The summed E-state index contributed by atoms with van der Waals surface area (Å²) in [5, 5.41) is 42.3. The molecular weight excluding hydrogens is 1400 g/mol. The Bertz CT molecular complexity index is 3480. The highest BCUT2D eigenvalue weighted by atomic mass is 16.3. The van der Waals surface area contributed by atoms with Crippen molar-refractivity contribution in [1.82, 2.24) is 24.3 Å². The number of piperidine rings is 2. The SMILES string of the molecule is C=C(CN1CCCC1)[C@H]1CC[C@H]2[C@@H]3CC[C@@H]4C[C@](C)(O)CC[C@@H]4[C@H]3CC[C@]12C.C=C(CN1CCCCC1)[C@H]1CC[C@H]2[C@@H]3CC=C4C[C@](C)(O)CC[C@@H]4[C@H]3CC[C@]12C.C=C(Cn1ccnc1)[C@H]1CC[C@H]2[C@@H]3CC[C@@H]4C[C@](C)(O)CC[C@@H]4[C@H]3CC[C@]12C.C[C@@]1(O)CC[C@H]2C(=CC[C@@H]3[C@@H]2CC[C@]2(C)[C@@H](C(=O)CN4CCCCC4)CC[C@@H]32)C1. The van der Waals surface area contributed by atoms with Gasteiger partial charge in [0.15, 0.2) is 0 Å². The van der Waals surface area contributed by atoms with E-state index in [1.807, 2.05) is 26.4 Å². The van der Waals surface area contributed by atoms with Crippen molar-refractivity contribution in [3.05, 3.63) is 78.5 Å². The minimum atomic E-state index is -0.488. The molecule has 4 N–H and O–H groups in total. The predicted octanol–water partition coefficient (Wildman–Crippen LogP) is 22.1. The number of hydrogen-bond donors (Lipinski definition) is 4. The molecule has 0 unspecified atom stereocenters. The summed E-state index contributed by atoms with van der Waals surface area (Å²) in [6.07, 6.45) is 64.5. The molecule has 636 valence electrons. The highest BCUT2D eigenvalue weighted by Gasteiger charge is 2.63. The number of rotatable bonds is 12. The minimum absolute atomic E-state index is 0.236. The van der Waals surface area contributed by atoms with Gasteiger partial charge in [-0.15, -0.1) is 0 Å². The first-order valence-corrected chi connectivity index (χ1v) is 49.5. The summed E-state index contributed by atoms with van der Waals surface area (Å²) in [5.41, 5.74) is 7.66. The molecule has 14 saturated carbocycles. The Morgan fingerprint density at radius 3 is 1.13 bits per heavy atom. The first kappa shape index (κ1) is 83.6. The number of Topliss-reactive ketones (excluding diaryl/α,β-unsaturated/α-hetero) is 1. The number of aliphatic hydroxyl groups is 4. The van der Waals surface area contributed by atoms with Crippen LogP contribution in [0.1, 0.15) is 325 Å². The van der Waals surface area contributed by atoms with Crippen molar-refractivity contribution in [2.24, 2.45) is 152 Å². The number of allylic oxidation sites excluding steroid dienone is 3. The van der Waals surface area contributed by atoms with Crippen molar-refractivity contribution < 1.29 is 25.2 Å². The number of carbonyl (C=O) groups is 1. The summed E-state index contributed by atoms with van der Waals surface area (Å²) < 4.78 is 2.18. The van der Waals surface area contributed by atoms with Gasteiger partial charge >= 0.3 is 0 Å². The van der Waals surface area contributed by atoms with Crippen molar-refractivity contribution in [3.63, 3.8) is 0 Å². The highest BCUT2D eigenvalue weighted by molar-refractivity contribution is 5.84. The third kappa shape index (κ3) is 16.4. The molecule has 114 heavy (non-hydrogen) atoms. The van der Waals surface area contributed by atoms with Gasteiger partial charge in [0.05, 0.1) is 35.3 Å². The molecule has 16 aliphatic carbocycles. The number of fused-ring (bicyclic) bond motifs is 20. The van der Waals surface area contributed by atoms with Crippen LogP contribution in [0.5, 0.6) is 0 Å². The average Bonchev–Trinajstić information content (AvgIpc) is 1.61. The Labute approximate surface area is 694 Å². The van der Waals surface area contributed by atoms with Crippen LogP contribution in [0.3, 0.4) is 0 Å². The lowest BCUT2D eigenvalue weighted by atomic mass is 9.49. The van der Waals surface area contributed by atoms with Gasteiger partial charge in [-0.3, -0.25) is 19.5 Å². The third-order valence-electron chi connectivity index (χ3n) is 40.0. The van der Waals surface area contributed by atoms with Gasteiger partial charge in [-0.2, -0.15) is 0 Å². The van der Waals surface area contributed by atoms with Gasteiger partial charge in [0, 0.05) is 37.9 Å². The maximum absolute atomic E-state index is 13.4. The molecule has 10 nitrogen and oxygen atoms in total. The molecule has 3 saturated heterocycles. The monoisotopic (exact) mass is 1560 g/mol. The Morgan fingerprint density at radius 2 is 0.719 bits per heavy atom. The second-order valence-corrected chi connectivity index (χ2v) is 46.9. The standard InChI is InChI=1S/C27H43NO.C26H41NO2.C26H43NO.C25H38N2O/c1-19(18-28-15-5-4-6-16-28)24-9-10-25-23-8-7-20-17-26(2,29)13-11-21(20)22(23)12-14-27(24,25)3;1-25(29)12-10-19-18(16-25)6-7-21-20(19)11-13-26(2)22(21)8-9-23(26)24(28)17-27-14-4-3-5-15-27;1-18(17-27-14-4-5-15-27)23-8-9-24-22-7-6-19-16-25(2,28)12-10-20(19)21(22)11-13-26(23,24)3;1-17(15-27-13-12-26-16-27)22-6-7-23-21-5-4-18-14-24(2,28)10-8-19(18)20(21)9-11-25(22,23)3/h7,21-25,29H,1,4-6,8-18H2,2-3H3;6,19-23,29H,3-5,7-17H2,1-2H3;19-24,28H,1,4-17H2,2-3H3;12-13,16,18-23,28H,1,4-11,14-15H2,2-3H3/t21-,22+,23+,24+,25-,26+,27+;19-,20+,21+,22-,23+,25+,26-;19-,20+,21-,22-,23-,24+,25-,26-;18-,19+,20-,21-,22-,23+,24-,25-/m0011/s1. The van der Waals surface area contributed by atoms with Gasteiger partial charge in [-0.05, 0) is 470 Å². The molecule has 3 aliphatic heterocycles. The van der Waals surface area contributed by atoms with Crippen LogP contribution >= 0.6 is 0 Å². The van der Waals surface area contributed by atoms with Crippen LogP contribution < -0.4 is 0 Å². The Morgan fingerprint density at radius 1 is 0.368 bits per heavy atom. The normalized spacial score (nSPS) is 48.6. The largest absolute Gasteiger partial charge is 0.390 e. The molecule has 20 rings (SSSR count). The van der Waals surface area contributed by atoms with Crippen LogP contribution in [0.25, 0.3) is 0 Å². The molecule has 0 radical (unpaired) electrons. The smallest absolute Gasteiger partial charge is 0.150 e. The Hall–Kier alpha value is -2.70. The molecule has 4 heterocycles. The van der Waals surface area contributed by atoms with Gasteiger partial charge in [0.25, 0.3) is 0 Å². The Balaban J connectivity index is 0.000000110. The van der Waals surface area contributed by atoms with Gasteiger partial charge in [0.1, 0.15) is 5.78 Å². The molecule has 0 aromatic carbocycles. The van der Waals surface area contributed by atoms with Crippen LogP contribution in [0.4, 0.5) is 0 Å².